The van der Waals surface area contributed by atoms with E-state index >= 15 is 0 Å². The summed E-state index contributed by atoms with van der Waals surface area (Å²) in [4.78, 5) is 2.12. The number of aryl methyl sites for hydroxylation is 1. The second kappa shape index (κ2) is 9.60. The lowest BCUT2D eigenvalue weighted by atomic mass is 9.86. The molecular weight excluding hydrogens is 447 g/mol. The van der Waals surface area contributed by atoms with Gasteiger partial charge in [-0.15, -0.1) is 11.3 Å². The maximum absolute atomic E-state index is 13.2. The van der Waals surface area contributed by atoms with E-state index in [-0.39, 0.29) is 5.82 Å². The van der Waals surface area contributed by atoms with E-state index < -0.39 is 36.8 Å². The Morgan fingerprint density at radius 1 is 1.03 bits per heavy atom. The predicted octanol–water partition coefficient (Wildman–Crippen LogP) is 2.73. The Morgan fingerprint density at radius 3 is 2.42 bits per heavy atom. The van der Waals surface area contributed by atoms with Crippen LogP contribution in [0.3, 0.4) is 0 Å². The van der Waals surface area contributed by atoms with Gasteiger partial charge in [-0.3, -0.25) is 0 Å². The summed E-state index contributed by atoms with van der Waals surface area (Å²) in [6, 6.07) is 15.9. The van der Waals surface area contributed by atoms with E-state index in [0.717, 1.165) is 26.4 Å². The molecule has 1 unspecified atom stereocenters. The first-order valence-corrected chi connectivity index (χ1v) is 11.4. The van der Waals surface area contributed by atoms with Gasteiger partial charge < -0.3 is 29.9 Å². The fourth-order valence-corrected chi connectivity index (χ4v) is 5.21. The average molecular weight is 475 g/mol. The fraction of sp³-hybridized carbons (Fsp3) is 0.360. The van der Waals surface area contributed by atoms with Crippen LogP contribution in [0.15, 0.2) is 54.6 Å². The van der Waals surface area contributed by atoms with Crippen LogP contribution in [0.4, 0.5) is 4.39 Å². The second-order valence-electron chi connectivity index (χ2n) is 8.23. The van der Waals surface area contributed by atoms with Crippen molar-refractivity contribution in [3.63, 3.8) is 0 Å². The molecule has 0 spiro atoms. The van der Waals surface area contributed by atoms with E-state index in [1.807, 2.05) is 31.2 Å². The highest BCUT2D eigenvalue weighted by Gasteiger charge is 2.55. The van der Waals surface area contributed by atoms with Crippen molar-refractivity contribution in [2.24, 2.45) is 0 Å². The van der Waals surface area contributed by atoms with E-state index in [0.29, 0.717) is 12.0 Å². The van der Waals surface area contributed by atoms with Crippen LogP contribution in [0, 0.1) is 12.7 Å². The molecule has 0 amide bonds. The normalized spacial score (nSPS) is 27.6. The van der Waals surface area contributed by atoms with Crippen molar-refractivity contribution >= 4 is 11.3 Å². The van der Waals surface area contributed by atoms with Gasteiger partial charge in [0.1, 0.15) is 30.2 Å². The number of ether oxygens (including phenoxy) is 2. The summed E-state index contributed by atoms with van der Waals surface area (Å²) in [6.45, 7) is 1.43. The van der Waals surface area contributed by atoms with Crippen LogP contribution in [-0.2, 0) is 21.7 Å². The van der Waals surface area contributed by atoms with E-state index in [1.54, 1.807) is 29.5 Å². The molecule has 8 heteroatoms. The highest BCUT2D eigenvalue weighted by molar-refractivity contribution is 7.15. The summed E-state index contributed by atoms with van der Waals surface area (Å²) in [5.41, 5.74) is 3.40. The molecule has 1 aromatic heterocycles. The van der Waals surface area contributed by atoms with Crippen LogP contribution in [0.1, 0.15) is 21.6 Å². The van der Waals surface area contributed by atoms with Crippen molar-refractivity contribution in [1.29, 1.82) is 0 Å². The Balaban J connectivity index is 1.65. The van der Waals surface area contributed by atoms with Crippen LogP contribution in [0.5, 0.6) is 0 Å². The van der Waals surface area contributed by atoms with Crippen molar-refractivity contribution in [2.45, 2.75) is 43.5 Å². The number of benzene rings is 2. The Bertz CT molecular complexity index is 1100. The third-order valence-electron chi connectivity index (χ3n) is 6.16. The molecule has 2 heterocycles. The molecule has 6 nitrogen and oxygen atoms in total. The van der Waals surface area contributed by atoms with Gasteiger partial charge >= 0.3 is 0 Å². The van der Waals surface area contributed by atoms with E-state index in [1.165, 1.54) is 19.2 Å². The lowest BCUT2D eigenvalue weighted by molar-refractivity contribution is -0.366. The molecule has 0 saturated carbocycles. The number of aliphatic hydroxyl groups is 4. The molecular formula is C25H27FO6S. The summed E-state index contributed by atoms with van der Waals surface area (Å²) in [6.07, 6.45) is -5.09. The summed E-state index contributed by atoms with van der Waals surface area (Å²) in [5.74, 6) is -2.02. The minimum Gasteiger partial charge on any atom is -0.394 e. The standard InChI is InChI=1S/C25H27FO6S/c1-14-3-6-17(25(31-2)24(30)23(29)22(28)20(13-27)32-25)11-16(14)12-19-9-10-21(33-19)15-4-7-18(26)8-5-15/h3-11,20,22-24,27-30H,12-13H2,1-2H3/t20-,22-,23+,24-,25?/m1/s1. The first-order valence-electron chi connectivity index (χ1n) is 10.6. The number of methoxy groups -OCH3 is 1. The van der Waals surface area contributed by atoms with Gasteiger partial charge in [0.2, 0.25) is 5.79 Å². The van der Waals surface area contributed by atoms with Crippen LogP contribution in [0.25, 0.3) is 10.4 Å². The lowest BCUT2D eigenvalue weighted by Crippen LogP contribution is -2.64. The van der Waals surface area contributed by atoms with Crippen LogP contribution in [0.2, 0.25) is 0 Å². The number of hydrogen-bond acceptors (Lipinski definition) is 7. The molecule has 5 atom stereocenters. The van der Waals surface area contributed by atoms with Gasteiger partial charge in [-0.25, -0.2) is 4.39 Å². The van der Waals surface area contributed by atoms with Crippen LogP contribution >= 0.6 is 11.3 Å². The van der Waals surface area contributed by atoms with Crippen molar-refractivity contribution < 1.29 is 34.3 Å². The zero-order valence-electron chi connectivity index (χ0n) is 18.3. The maximum Gasteiger partial charge on any atom is 0.224 e. The maximum atomic E-state index is 13.2. The van der Waals surface area contributed by atoms with Gasteiger partial charge in [-0.2, -0.15) is 0 Å². The van der Waals surface area contributed by atoms with Gasteiger partial charge in [-0.05, 0) is 53.9 Å². The molecule has 33 heavy (non-hydrogen) atoms. The molecule has 3 aromatic rings. The fourth-order valence-electron chi connectivity index (χ4n) is 4.18. The number of halogens is 1. The molecule has 1 aliphatic heterocycles. The molecule has 176 valence electrons. The summed E-state index contributed by atoms with van der Waals surface area (Å²) >= 11 is 1.61. The first-order chi connectivity index (χ1) is 15.8. The summed E-state index contributed by atoms with van der Waals surface area (Å²) in [7, 11) is 1.34. The van der Waals surface area contributed by atoms with E-state index in [2.05, 4.69) is 0 Å². The number of rotatable bonds is 6. The molecule has 0 aliphatic carbocycles. The van der Waals surface area contributed by atoms with Gasteiger partial charge in [-0.1, -0.05) is 24.3 Å². The summed E-state index contributed by atoms with van der Waals surface area (Å²) < 4.78 is 24.6. The van der Waals surface area contributed by atoms with Gasteiger partial charge in [0.05, 0.1) is 6.61 Å². The average Bonchev–Trinajstić information content (AvgIpc) is 3.29. The van der Waals surface area contributed by atoms with Crippen LogP contribution in [-0.4, -0.2) is 58.6 Å². The lowest BCUT2D eigenvalue weighted by Gasteiger charge is -2.47. The van der Waals surface area contributed by atoms with Crippen LogP contribution < -0.4 is 0 Å². The topological polar surface area (TPSA) is 99.4 Å². The van der Waals surface area contributed by atoms with Crippen molar-refractivity contribution in [2.75, 3.05) is 13.7 Å². The van der Waals surface area contributed by atoms with E-state index in [4.69, 9.17) is 9.47 Å². The van der Waals surface area contributed by atoms with Gasteiger partial charge in [0.15, 0.2) is 0 Å². The van der Waals surface area contributed by atoms with Crippen molar-refractivity contribution in [3.05, 3.63) is 82.0 Å². The molecule has 4 N–H and O–H groups in total. The smallest absolute Gasteiger partial charge is 0.224 e. The molecule has 0 radical (unpaired) electrons. The monoisotopic (exact) mass is 474 g/mol. The Hall–Kier alpha value is -2.17. The van der Waals surface area contributed by atoms with E-state index in [9.17, 15) is 24.8 Å². The minimum absolute atomic E-state index is 0.275. The zero-order chi connectivity index (χ0) is 23.8. The SMILES string of the molecule is COC1(c2ccc(C)c(Cc3ccc(-c4ccc(F)cc4)s3)c2)O[C@H](CO)[C@@H](O)[C@H](O)[C@H]1O. The highest BCUT2D eigenvalue weighted by atomic mass is 32.1. The molecule has 2 aromatic carbocycles. The molecule has 1 aliphatic rings. The highest BCUT2D eigenvalue weighted by Crippen LogP contribution is 2.40. The predicted molar refractivity (Wildman–Crippen MR) is 122 cm³/mol. The molecule has 1 fully saturated rings. The molecule has 0 bridgehead atoms. The Kier molecular flexibility index (Phi) is 6.97. The number of thiophene rings is 1. The Labute approximate surface area is 195 Å². The third kappa shape index (κ3) is 4.48. The third-order valence-corrected chi connectivity index (χ3v) is 7.29. The minimum atomic E-state index is -1.75. The van der Waals surface area contributed by atoms with Crippen molar-refractivity contribution in [3.8, 4) is 10.4 Å². The van der Waals surface area contributed by atoms with Gasteiger partial charge in [0.25, 0.3) is 0 Å². The first kappa shape index (κ1) is 24.0. The van der Waals surface area contributed by atoms with Crippen molar-refractivity contribution in [1.82, 2.24) is 0 Å². The second-order valence-corrected chi connectivity index (χ2v) is 9.40. The number of hydrogen-bond donors (Lipinski definition) is 4. The number of aliphatic hydroxyl groups excluding tert-OH is 4. The quantitative estimate of drug-likeness (QED) is 0.439. The molecule has 4 rings (SSSR count). The zero-order valence-corrected chi connectivity index (χ0v) is 19.1. The largest absolute Gasteiger partial charge is 0.394 e. The molecule has 1 saturated heterocycles. The Morgan fingerprint density at radius 2 is 1.76 bits per heavy atom. The summed E-state index contributed by atoms with van der Waals surface area (Å²) in [5, 5.41) is 40.8. The van der Waals surface area contributed by atoms with Gasteiger partial charge in [0, 0.05) is 28.8 Å².